The zero-order valence-corrected chi connectivity index (χ0v) is 12.4. The van der Waals surface area contributed by atoms with Gasteiger partial charge in [-0.15, -0.1) is 0 Å². The highest BCUT2D eigenvalue weighted by Crippen LogP contribution is 2.21. The number of carbonyl (C=O) groups excluding carboxylic acids is 1. The molecule has 4 heteroatoms. The molecule has 3 rings (SSSR count). The first-order valence-electron chi connectivity index (χ1n) is 6.35. The maximum absolute atomic E-state index is 12.5. The highest BCUT2D eigenvalue weighted by atomic mass is 79.9. The maximum atomic E-state index is 12.5. The van der Waals surface area contributed by atoms with Crippen molar-refractivity contribution < 1.29 is 4.79 Å². The summed E-state index contributed by atoms with van der Waals surface area (Å²) in [5.74, 6) is -0.0308. The van der Waals surface area contributed by atoms with E-state index in [9.17, 15) is 4.79 Å². The van der Waals surface area contributed by atoms with Crippen molar-refractivity contribution in [1.82, 2.24) is 4.90 Å². The number of hydrogen-bond acceptors (Lipinski definition) is 2. The van der Waals surface area contributed by atoms with Gasteiger partial charge in [0, 0.05) is 22.1 Å². The average molecular weight is 329 g/mol. The van der Waals surface area contributed by atoms with Crippen LogP contribution in [0.2, 0.25) is 0 Å². The molecule has 100 valence electrons. The number of carbonyl (C=O) groups is 1. The van der Waals surface area contributed by atoms with Gasteiger partial charge in [-0.05, 0) is 29.8 Å². The lowest BCUT2D eigenvalue weighted by atomic mass is 9.97. The first kappa shape index (κ1) is 13.1. The third-order valence-corrected chi connectivity index (χ3v) is 3.96. The average Bonchev–Trinajstić information content (AvgIpc) is 2.47. The molecule has 0 aliphatic carbocycles. The van der Waals surface area contributed by atoms with Crippen LogP contribution in [0.15, 0.2) is 53.0 Å². The summed E-state index contributed by atoms with van der Waals surface area (Å²) in [5, 5.41) is 8.09. The monoisotopic (exact) mass is 328 g/mol. The molecule has 1 heterocycles. The Kier molecular flexibility index (Phi) is 3.40. The minimum Gasteiger partial charge on any atom is -0.328 e. The van der Waals surface area contributed by atoms with Gasteiger partial charge in [0.2, 0.25) is 0 Å². The van der Waals surface area contributed by atoms with Gasteiger partial charge in [-0.2, -0.15) is 0 Å². The van der Waals surface area contributed by atoms with Crippen molar-refractivity contribution in [3.05, 3.63) is 69.7 Å². The molecule has 0 fully saturated rings. The van der Waals surface area contributed by atoms with E-state index < -0.39 is 0 Å². The Balaban J connectivity index is 1.88. The highest BCUT2D eigenvalue weighted by molar-refractivity contribution is 9.10. The van der Waals surface area contributed by atoms with Crippen LogP contribution in [0, 0.1) is 5.41 Å². The fraction of sp³-hybridized carbons (Fsp3) is 0.125. The second kappa shape index (κ2) is 5.21. The van der Waals surface area contributed by atoms with E-state index in [2.05, 4.69) is 15.9 Å². The molecule has 0 unspecified atom stereocenters. The van der Waals surface area contributed by atoms with E-state index >= 15 is 0 Å². The molecule has 0 bridgehead atoms. The van der Waals surface area contributed by atoms with Crippen molar-refractivity contribution in [2.75, 3.05) is 6.54 Å². The van der Waals surface area contributed by atoms with Gasteiger partial charge in [0.25, 0.3) is 5.91 Å². The number of fused-ring (bicyclic) bond motifs is 1. The molecule has 2 aromatic carbocycles. The Morgan fingerprint density at radius 1 is 1.05 bits per heavy atom. The molecule has 20 heavy (non-hydrogen) atoms. The molecule has 0 atom stereocenters. The number of rotatable bonds is 1. The Morgan fingerprint density at radius 3 is 2.50 bits per heavy atom. The predicted molar refractivity (Wildman–Crippen MR) is 82.2 cm³/mol. The molecule has 0 saturated carbocycles. The van der Waals surface area contributed by atoms with Crippen molar-refractivity contribution in [2.45, 2.75) is 6.54 Å². The van der Waals surface area contributed by atoms with Crippen molar-refractivity contribution in [2.24, 2.45) is 0 Å². The molecule has 2 aromatic rings. The lowest BCUT2D eigenvalue weighted by molar-refractivity contribution is 0.0764. The van der Waals surface area contributed by atoms with Gasteiger partial charge in [0.15, 0.2) is 0 Å². The summed E-state index contributed by atoms with van der Waals surface area (Å²) in [6, 6.07) is 15.1. The maximum Gasteiger partial charge on any atom is 0.254 e. The van der Waals surface area contributed by atoms with Crippen LogP contribution in [0.4, 0.5) is 0 Å². The van der Waals surface area contributed by atoms with Gasteiger partial charge in [-0.1, -0.05) is 40.2 Å². The zero-order chi connectivity index (χ0) is 14.1. The third kappa shape index (κ3) is 2.39. The summed E-state index contributed by atoms with van der Waals surface area (Å²) in [6.45, 7) is 0.930. The molecule has 3 nitrogen and oxygen atoms in total. The molecule has 1 aliphatic rings. The number of benzene rings is 2. The standard InChI is InChI=1S/C16H13BrN2O/c17-13-7-5-11(6-8-13)16(20)19-9-12-3-1-2-4-14(12)15(18)10-19/h1-8,18H,9-10H2. The van der Waals surface area contributed by atoms with Crippen molar-refractivity contribution in [3.63, 3.8) is 0 Å². The van der Waals surface area contributed by atoms with Crippen molar-refractivity contribution in [3.8, 4) is 0 Å². The SMILES string of the molecule is N=C1CN(C(=O)c2ccc(Br)cc2)Cc2ccccc21. The van der Waals surface area contributed by atoms with E-state index in [-0.39, 0.29) is 5.91 Å². The second-order valence-electron chi connectivity index (χ2n) is 4.80. The van der Waals surface area contributed by atoms with Crippen LogP contribution >= 0.6 is 15.9 Å². The van der Waals surface area contributed by atoms with E-state index in [0.29, 0.717) is 24.4 Å². The zero-order valence-electron chi connectivity index (χ0n) is 10.8. The van der Waals surface area contributed by atoms with Gasteiger partial charge in [-0.25, -0.2) is 0 Å². The Hall–Kier alpha value is -1.94. The molecular weight excluding hydrogens is 316 g/mol. The van der Waals surface area contributed by atoms with Gasteiger partial charge < -0.3 is 10.3 Å². The number of nitrogens with one attached hydrogen (secondary N) is 1. The summed E-state index contributed by atoms with van der Waals surface area (Å²) >= 11 is 3.36. The predicted octanol–water partition coefficient (Wildman–Crippen LogP) is 3.47. The van der Waals surface area contributed by atoms with Crippen LogP contribution in [-0.4, -0.2) is 23.1 Å². The molecule has 1 aliphatic heterocycles. The Morgan fingerprint density at radius 2 is 1.75 bits per heavy atom. The van der Waals surface area contributed by atoms with Crippen LogP contribution in [0.3, 0.4) is 0 Å². The summed E-state index contributed by atoms with van der Waals surface area (Å²) in [7, 11) is 0. The first-order chi connectivity index (χ1) is 9.65. The molecule has 0 saturated heterocycles. The van der Waals surface area contributed by atoms with Gasteiger partial charge in [0.1, 0.15) is 0 Å². The lowest BCUT2D eigenvalue weighted by Crippen LogP contribution is -2.39. The van der Waals surface area contributed by atoms with Gasteiger partial charge in [-0.3, -0.25) is 4.79 Å². The molecule has 1 amide bonds. The highest BCUT2D eigenvalue weighted by Gasteiger charge is 2.24. The minimum atomic E-state index is -0.0308. The van der Waals surface area contributed by atoms with Crippen LogP contribution in [0.5, 0.6) is 0 Å². The molecule has 0 spiro atoms. The van der Waals surface area contributed by atoms with Crippen LogP contribution < -0.4 is 0 Å². The lowest BCUT2D eigenvalue weighted by Gasteiger charge is -2.29. The fourth-order valence-electron chi connectivity index (χ4n) is 2.41. The smallest absolute Gasteiger partial charge is 0.254 e. The normalized spacial score (nSPS) is 14.1. The third-order valence-electron chi connectivity index (χ3n) is 3.43. The van der Waals surface area contributed by atoms with Gasteiger partial charge in [0.05, 0.1) is 12.3 Å². The molecule has 0 aromatic heterocycles. The second-order valence-corrected chi connectivity index (χ2v) is 5.72. The van der Waals surface area contributed by atoms with Crippen LogP contribution in [-0.2, 0) is 6.54 Å². The van der Waals surface area contributed by atoms with E-state index in [4.69, 9.17) is 5.41 Å². The van der Waals surface area contributed by atoms with E-state index in [1.165, 1.54) is 0 Å². The fourth-order valence-corrected chi connectivity index (χ4v) is 2.67. The largest absolute Gasteiger partial charge is 0.328 e. The summed E-state index contributed by atoms with van der Waals surface area (Å²) in [5.41, 5.74) is 3.14. The summed E-state index contributed by atoms with van der Waals surface area (Å²) < 4.78 is 0.950. The Bertz CT molecular complexity index is 679. The van der Waals surface area contributed by atoms with Crippen LogP contribution in [0.1, 0.15) is 21.5 Å². The minimum absolute atomic E-state index is 0.0308. The topological polar surface area (TPSA) is 44.2 Å². The van der Waals surface area contributed by atoms with Crippen molar-refractivity contribution >= 4 is 27.5 Å². The summed E-state index contributed by atoms with van der Waals surface area (Å²) in [4.78, 5) is 14.2. The number of nitrogens with zero attached hydrogens (tertiary/aromatic N) is 1. The number of halogens is 1. The van der Waals surface area contributed by atoms with E-state index in [1.807, 2.05) is 36.4 Å². The van der Waals surface area contributed by atoms with Gasteiger partial charge >= 0.3 is 0 Å². The first-order valence-corrected chi connectivity index (χ1v) is 7.15. The Labute approximate surface area is 125 Å². The van der Waals surface area contributed by atoms with Crippen molar-refractivity contribution in [1.29, 1.82) is 5.41 Å². The number of amides is 1. The quantitative estimate of drug-likeness (QED) is 0.855. The number of hydrogen-bond donors (Lipinski definition) is 1. The van der Waals surface area contributed by atoms with Crippen LogP contribution in [0.25, 0.3) is 0 Å². The summed E-state index contributed by atoms with van der Waals surface area (Å²) in [6.07, 6.45) is 0. The van der Waals surface area contributed by atoms with E-state index in [1.54, 1.807) is 17.0 Å². The molecule has 0 radical (unpaired) electrons. The molecular formula is C16H13BrN2O. The molecule has 1 N–H and O–H groups in total. The van der Waals surface area contributed by atoms with E-state index in [0.717, 1.165) is 15.6 Å².